The van der Waals surface area contributed by atoms with Gasteiger partial charge in [-0.05, 0) is 18.4 Å². The van der Waals surface area contributed by atoms with Gasteiger partial charge in [0.15, 0.2) is 0 Å². The lowest BCUT2D eigenvalue weighted by Crippen LogP contribution is -2.61. The molecule has 106 valence electrons. The topological polar surface area (TPSA) is 56.5 Å². The van der Waals surface area contributed by atoms with Crippen LogP contribution in [-0.4, -0.2) is 40.9 Å². The third-order valence-electron chi connectivity index (χ3n) is 4.41. The van der Waals surface area contributed by atoms with Crippen molar-refractivity contribution in [3.8, 4) is 6.07 Å². The van der Waals surface area contributed by atoms with E-state index in [9.17, 15) is 5.11 Å². The summed E-state index contributed by atoms with van der Waals surface area (Å²) in [4.78, 5) is 2.44. The summed E-state index contributed by atoms with van der Waals surface area (Å²) in [5.41, 5.74) is 0.455. The van der Waals surface area contributed by atoms with E-state index in [1.54, 1.807) is 0 Å². The van der Waals surface area contributed by atoms with Gasteiger partial charge >= 0.3 is 0 Å². The Bertz CT molecular complexity index is 483. The van der Waals surface area contributed by atoms with Gasteiger partial charge < -0.3 is 9.84 Å². The Labute approximate surface area is 119 Å². The molecule has 2 saturated heterocycles. The van der Waals surface area contributed by atoms with E-state index in [2.05, 4.69) is 35.2 Å². The van der Waals surface area contributed by atoms with Crippen LogP contribution in [0.4, 0.5) is 0 Å². The molecule has 1 aromatic carbocycles. The van der Waals surface area contributed by atoms with Gasteiger partial charge in [-0.2, -0.15) is 5.26 Å². The fourth-order valence-corrected chi connectivity index (χ4v) is 3.49. The maximum Gasteiger partial charge on any atom is 0.0808 e. The SMILES string of the molecule is N#CCC1(O)CC2COCC(C1)N2Cc1ccccc1. The molecular formula is C16H20N2O2. The molecule has 2 aliphatic heterocycles. The number of nitriles is 1. The molecule has 4 nitrogen and oxygen atoms in total. The Morgan fingerprint density at radius 2 is 1.90 bits per heavy atom. The van der Waals surface area contributed by atoms with Crippen molar-refractivity contribution in [3.63, 3.8) is 0 Å². The highest BCUT2D eigenvalue weighted by atomic mass is 16.5. The molecule has 1 N–H and O–H groups in total. The average molecular weight is 272 g/mol. The lowest BCUT2D eigenvalue weighted by molar-refractivity contribution is -0.144. The Morgan fingerprint density at radius 1 is 1.25 bits per heavy atom. The molecule has 2 aliphatic rings. The summed E-state index contributed by atoms with van der Waals surface area (Å²) < 4.78 is 5.64. The number of hydrogen-bond donors (Lipinski definition) is 1. The number of rotatable bonds is 3. The summed E-state index contributed by atoms with van der Waals surface area (Å²) in [6.07, 6.45) is 1.48. The first-order chi connectivity index (χ1) is 9.70. The molecular weight excluding hydrogens is 252 g/mol. The molecule has 2 heterocycles. The summed E-state index contributed by atoms with van der Waals surface area (Å²) >= 11 is 0. The molecule has 20 heavy (non-hydrogen) atoms. The molecule has 0 spiro atoms. The van der Waals surface area contributed by atoms with Crippen LogP contribution in [0.2, 0.25) is 0 Å². The monoisotopic (exact) mass is 272 g/mol. The molecule has 0 aromatic heterocycles. The highest BCUT2D eigenvalue weighted by molar-refractivity contribution is 5.16. The van der Waals surface area contributed by atoms with Crippen molar-refractivity contribution in [3.05, 3.63) is 35.9 Å². The molecule has 0 aliphatic carbocycles. The van der Waals surface area contributed by atoms with Crippen LogP contribution in [0.3, 0.4) is 0 Å². The van der Waals surface area contributed by atoms with E-state index in [0.717, 1.165) is 6.54 Å². The summed E-state index contributed by atoms with van der Waals surface area (Å²) in [6.45, 7) is 2.19. The maximum absolute atomic E-state index is 10.6. The minimum absolute atomic E-state index is 0.209. The molecule has 0 radical (unpaired) electrons. The molecule has 0 amide bonds. The summed E-state index contributed by atoms with van der Waals surface area (Å²) in [7, 11) is 0. The second-order valence-corrected chi connectivity index (χ2v) is 5.97. The molecule has 2 bridgehead atoms. The first-order valence-corrected chi connectivity index (χ1v) is 7.17. The standard InChI is InChI=1S/C16H20N2O2/c17-7-6-16(19)8-14-11-20-12-15(9-16)18(14)10-13-4-2-1-3-5-13/h1-5,14-15,19H,6,8-12H2. The Hall–Kier alpha value is -1.41. The Morgan fingerprint density at radius 3 is 2.50 bits per heavy atom. The molecule has 2 unspecified atom stereocenters. The van der Waals surface area contributed by atoms with Crippen LogP contribution < -0.4 is 0 Å². The third-order valence-corrected chi connectivity index (χ3v) is 4.41. The fraction of sp³-hybridized carbons (Fsp3) is 0.562. The number of benzene rings is 1. The van der Waals surface area contributed by atoms with E-state index in [4.69, 9.17) is 10.00 Å². The van der Waals surface area contributed by atoms with Gasteiger partial charge in [0.1, 0.15) is 0 Å². The maximum atomic E-state index is 10.6. The molecule has 1 aromatic rings. The Kier molecular flexibility index (Phi) is 3.75. The minimum Gasteiger partial charge on any atom is -0.389 e. The summed E-state index contributed by atoms with van der Waals surface area (Å²) in [5.74, 6) is 0. The van der Waals surface area contributed by atoms with E-state index in [1.165, 1.54) is 5.56 Å². The number of piperidine rings is 1. The van der Waals surface area contributed by atoms with Gasteiger partial charge in [-0.25, -0.2) is 0 Å². The molecule has 2 fully saturated rings. The first-order valence-electron chi connectivity index (χ1n) is 7.17. The quantitative estimate of drug-likeness (QED) is 0.910. The van der Waals surface area contributed by atoms with Gasteiger partial charge in [0.25, 0.3) is 0 Å². The lowest BCUT2D eigenvalue weighted by Gasteiger charge is -2.51. The van der Waals surface area contributed by atoms with Crippen LogP contribution in [0.15, 0.2) is 30.3 Å². The highest BCUT2D eigenvalue weighted by Crippen LogP contribution is 2.37. The van der Waals surface area contributed by atoms with Gasteiger partial charge in [0.05, 0.1) is 31.3 Å². The third kappa shape index (κ3) is 2.71. The minimum atomic E-state index is -0.832. The molecule has 4 heteroatoms. The van der Waals surface area contributed by atoms with Crippen molar-refractivity contribution in [1.82, 2.24) is 4.90 Å². The fourth-order valence-electron chi connectivity index (χ4n) is 3.49. The van der Waals surface area contributed by atoms with Crippen molar-refractivity contribution in [1.29, 1.82) is 5.26 Å². The van der Waals surface area contributed by atoms with Crippen LogP contribution in [0.5, 0.6) is 0 Å². The second-order valence-electron chi connectivity index (χ2n) is 5.97. The first kappa shape index (κ1) is 13.6. The van der Waals surface area contributed by atoms with Crippen molar-refractivity contribution >= 4 is 0 Å². The number of nitrogens with zero attached hydrogens (tertiary/aromatic N) is 2. The summed E-state index contributed by atoms with van der Waals surface area (Å²) in [5, 5.41) is 19.4. The van der Waals surface area contributed by atoms with E-state index in [0.29, 0.717) is 26.1 Å². The Balaban J connectivity index is 1.75. The van der Waals surface area contributed by atoms with Crippen molar-refractivity contribution in [2.24, 2.45) is 0 Å². The smallest absolute Gasteiger partial charge is 0.0808 e. The van der Waals surface area contributed by atoms with E-state index >= 15 is 0 Å². The zero-order chi connectivity index (χ0) is 14.0. The molecule has 3 rings (SSSR count). The van der Waals surface area contributed by atoms with Crippen LogP contribution in [0.25, 0.3) is 0 Å². The lowest BCUT2D eigenvalue weighted by atomic mass is 9.79. The number of morpholine rings is 1. The number of fused-ring (bicyclic) bond motifs is 2. The van der Waals surface area contributed by atoms with E-state index in [1.807, 2.05) is 6.07 Å². The largest absolute Gasteiger partial charge is 0.389 e. The van der Waals surface area contributed by atoms with Gasteiger partial charge in [0, 0.05) is 18.6 Å². The van der Waals surface area contributed by atoms with Crippen molar-refractivity contribution in [2.45, 2.75) is 43.5 Å². The zero-order valence-corrected chi connectivity index (χ0v) is 11.5. The van der Waals surface area contributed by atoms with Crippen molar-refractivity contribution in [2.75, 3.05) is 13.2 Å². The van der Waals surface area contributed by atoms with Crippen LogP contribution in [0.1, 0.15) is 24.8 Å². The zero-order valence-electron chi connectivity index (χ0n) is 11.5. The van der Waals surface area contributed by atoms with Crippen molar-refractivity contribution < 1.29 is 9.84 Å². The van der Waals surface area contributed by atoms with E-state index in [-0.39, 0.29) is 18.5 Å². The van der Waals surface area contributed by atoms with Crippen LogP contribution in [-0.2, 0) is 11.3 Å². The van der Waals surface area contributed by atoms with Crippen LogP contribution >= 0.6 is 0 Å². The van der Waals surface area contributed by atoms with Gasteiger partial charge in [-0.1, -0.05) is 30.3 Å². The number of ether oxygens (including phenoxy) is 1. The average Bonchev–Trinajstić information content (AvgIpc) is 2.41. The van der Waals surface area contributed by atoms with Crippen LogP contribution in [0, 0.1) is 11.3 Å². The van der Waals surface area contributed by atoms with Gasteiger partial charge in [-0.15, -0.1) is 0 Å². The second kappa shape index (κ2) is 5.53. The predicted molar refractivity (Wildman–Crippen MR) is 74.8 cm³/mol. The normalized spacial score (nSPS) is 33.6. The van der Waals surface area contributed by atoms with Gasteiger partial charge in [0.2, 0.25) is 0 Å². The molecule has 2 atom stereocenters. The number of aliphatic hydroxyl groups is 1. The highest BCUT2D eigenvalue weighted by Gasteiger charge is 2.45. The number of hydrogen-bond acceptors (Lipinski definition) is 4. The summed E-state index contributed by atoms with van der Waals surface area (Å²) in [6, 6.07) is 12.9. The predicted octanol–water partition coefficient (Wildman–Crippen LogP) is 1.69. The van der Waals surface area contributed by atoms with E-state index < -0.39 is 5.60 Å². The molecule has 0 saturated carbocycles. The van der Waals surface area contributed by atoms with Gasteiger partial charge in [-0.3, -0.25) is 4.90 Å².